The molecule has 16 heavy (non-hydrogen) atoms. The number of hydrogen-bond donors (Lipinski definition) is 2. The minimum absolute atomic E-state index is 0.755. The molecule has 0 bridgehead atoms. The van der Waals surface area contributed by atoms with Gasteiger partial charge in [-0.25, -0.2) is 0 Å². The van der Waals surface area contributed by atoms with E-state index in [0.29, 0.717) is 0 Å². The normalized spacial score (nSPS) is 10.3. The first kappa shape index (κ1) is 10.8. The molecule has 0 saturated carbocycles. The number of hydrogen-bond acceptors (Lipinski definition) is 3. The Morgan fingerprint density at radius 1 is 1.06 bits per heavy atom. The number of rotatable bonds is 5. The van der Waals surface area contributed by atoms with Crippen LogP contribution in [0.1, 0.15) is 11.3 Å². The molecule has 2 rings (SSSR count). The van der Waals surface area contributed by atoms with Crippen LogP contribution in [0.2, 0.25) is 0 Å². The minimum atomic E-state index is 0.755. The third-order valence-corrected chi connectivity index (χ3v) is 2.48. The van der Waals surface area contributed by atoms with Crippen LogP contribution in [0.4, 0.5) is 5.69 Å². The van der Waals surface area contributed by atoms with Crippen molar-refractivity contribution in [2.75, 3.05) is 12.4 Å². The Labute approximate surface area is 95.5 Å². The van der Waals surface area contributed by atoms with E-state index in [-0.39, 0.29) is 0 Å². The lowest BCUT2D eigenvalue weighted by atomic mass is 10.2. The Hall–Kier alpha value is -1.74. The topological polar surface area (TPSA) is 37.2 Å². The summed E-state index contributed by atoms with van der Waals surface area (Å²) in [7, 11) is 1.94. The van der Waals surface area contributed by atoms with Gasteiger partial charge in [0, 0.05) is 19.3 Å². The van der Waals surface area contributed by atoms with Gasteiger partial charge in [0.15, 0.2) is 0 Å². The zero-order valence-corrected chi connectivity index (χ0v) is 9.36. The highest BCUT2D eigenvalue weighted by Gasteiger charge is 1.99. The Morgan fingerprint density at radius 2 is 1.94 bits per heavy atom. The SMILES string of the molecule is CNc1ccccc1CNCc1ccco1. The number of furan rings is 1. The van der Waals surface area contributed by atoms with E-state index in [2.05, 4.69) is 22.8 Å². The van der Waals surface area contributed by atoms with Gasteiger partial charge in [-0.2, -0.15) is 0 Å². The maximum atomic E-state index is 5.25. The summed E-state index contributed by atoms with van der Waals surface area (Å²) in [4.78, 5) is 0. The molecule has 0 amide bonds. The quantitative estimate of drug-likeness (QED) is 0.806. The number of nitrogens with one attached hydrogen (secondary N) is 2. The standard InChI is InChI=1S/C13H16N2O/c1-14-13-7-3-2-5-11(13)9-15-10-12-6-4-8-16-12/h2-8,14-15H,9-10H2,1H3. The summed E-state index contributed by atoms with van der Waals surface area (Å²) in [6, 6.07) is 12.1. The van der Waals surface area contributed by atoms with Crippen LogP contribution in [0.3, 0.4) is 0 Å². The average molecular weight is 216 g/mol. The lowest BCUT2D eigenvalue weighted by molar-refractivity contribution is 0.483. The fraction of sp³-hybridized carbons (Fsp3) is 0.231. The third kappa shape index (κ3) is 2.64. The van der Waals surface area contributed by atoms with Crippen LogP contribution < -0.4 is 10.6 Å². The van der Waals surface area contributed by atoms with Crippen LogP contribution in [0.25, 0.3) is 0 Å². The van der Waals surface area contributed by atoms with Gasteiger partial charge in [0.1, 0.15) is 5.76 Å². The lowest BCUT2D eigenvalue weighted by Crippen LogP contribution is -2.13. The molecule has 0 fully saturated rings. The zero-order valence-electron chi connectivity index (χ0n) is 9.36. The van der Waals surface area contributed by atoms with E-state index in [1.54, 1.807) is 6.26 Å². The summed E-state index contributed by atoms with van der Waals surface area (Å²) < 4.78 is 5.25. The van der Waals surface area contributed by atoms with Crippen molar-refractivity contribution >= 4 is 5.69 Å². The largest absolute Gasteiger partial charge is 0.468 e. The minimum Gasteiger partial charge on any atom is -0.468 e. The summed E-state index contributed by atoms with van der Waals surface area (Å²) >= 11 is 0. The molecular weight excluding hydrogens is 200 g/mol. The van der Waals surface area contributed by atoms with Crippen molar-refractivity contribution in [3.05, 3.63) is 54.0 Å². The molecule has 0 aliphatic rings. The van der Waals surface area contributed by atoms with Gasteiger partial charge in [-0.3, -0.25) is 0 Å². The first-order valence-corrected chi connectivity index (χ1v) is 5.39. The van der Waals surface area contributed by atoms with E-state index >= 15 is 0 Å². The average Bonchev–Trinajstić information content (AvgIpc) is 2.83. The molecule has 1 heterocycles. The second-order valence-corrected chi connectivity index (χ2v) is 3.59. The summed E-state index contributed by atoms with van der Waals surface area (Å²) in [5.74, 6) is 0.960. The fourth-order valence-corrected chi connectivity index (χ4v) is 1.65. The maximum Gasteiger partial charge on any atom is 0.117 e. The monoisotopic (exact) mass is 216 g/mol. The third-order valence-electron chi connectivity index (χ3n) is 2.48. The van der Waals surface area contributed by atoms with Crippen LogP contribution >= 0.6 is 0 Å². The molecule has 3 heteroatoms. The molecule has 1 aromatic carbocycles. The molecule has 0 unspecified atom stereocenters. The predicted octanol–water partition coefficient (Wildman–Crippen LogP) is 2.61. The van der Waals surface area contributed by atoms with Crippen LogP contribution in [-0.4, -0.2) is 7.05 Å². The Morgan fingerprint density at radius 3 is 2.69 bits per heavy atom. The molecule has 1 aromatic heterocycles. The van der Waals surface area contributed by atoms with Crippen LogP contribution in [-0.2, 0) is 13.1 Å². The molecule has 84 valence electrons. The van der Waals surface area contributed by atoms with E-state index in [1.165, 1.54) is 5.56 Å². The highest BCUT2D eigenvalue weighted by atomic mass is 16.3. The molecule has 2 aromatic rings. The zero-order chi connectivity index (χ0) is 11.2. The van der Waals surface area contributed by atoms with E-state index < -0.39 is 0 Å². The van der Waals surface area contributed by atoms with E-state index in [0.717, 1.165) is 24.5 Å². The van der Waals surface area contributed by atoms with Crippen molar-refractivity contribution in [1.82, 2.24) is 5.32 Å². The van der Waals surface area contributed by atoms with Crippen molar-refractivity contribution in [3.63, 3.8) is 0 Å². The summed E-state index contributed by atoms with van der Waals surface area (Å²) in [6.45, 7) is 1.59. The summed E-state index contributed by atoms with van der Waals surface area (Å²) in [5.41, 5.74) is 2.42. The molecule has 0 radical (unpaired) electrons. The van der Waals surface area contributed by atoms with Crippen molar-refractivity contribution in [1.29, 1.82) is 0 Å². The fourth-order valence-electron chi connectivity index (χ4n) is 1.65. The lowest BCUT2D eigenvalue weighted by Gasteiger charge is -2.09. The molecular formula is C13H16N2O. The highest BCUT2D eigenvalue weighted by Crippen LogP contribution is 2.13. The molecule has 2 N–H and O–H groups in total. The van der Waals surface area contributed by atoms with E-state index in [9.17, 15) is 0 Å². The smallest absolute Gasteiger partial charge is 0.117 e. The molecule has 0 spiro atoms. The van der Waals surface area contributed by atoms with Gasteiger partial charge in [-0.1, -0.05) is 18.2 Å². The van der Waals surface area contributed by atoms with Gasteiger partial charge in [-0.15, -0.1) is 0 Å². The van der Waals surface area contributed by atoms with Crippen LogP contribution in [0.15, 0.2) is 47.1 Å². The molecule has 0 aliphatic carbocycles. The number of anilines is 1. The van der Waals surface area contributed by atoms with Gasteiger partial charge in [-0.05, 0) is 23.8 Å². The van der Waals surface area contributed by atoms with E-state index in [4.69, 9.17) is 4.42 Å². The van der Waals surface area contributed by atoms with E-state index in [1.807, 2.05) is 31.3 Å². The van der Waals surface area contributed by atoms with Gasteiger partial charge >= 0.3 is 0 Å². The molecule has 0 saturated heterocycles. The Bertz CT molecular complexity index is 423. The Kier molecular flexibility index (Phi) is 3.62. The maximum absolute atomic E-state index is 5.25. The first-order valence-electron chi connectivity index (χ1n) is 5.39. The molecule has 0 atom stereocenters. The number of benzene rings is 1. The predicted molar refractivity (Wildman–Crippen MR) is 65.2 cm³/mol. The summed E-state index contributed by atoms with van der Waals surface area (Å²) in [6.07, 6.45) is 1.69. The number of para-hydroxylation sites is 1. The molecule has 0 aliphatic heterocycles. The highest BCUT2D eigenvalue weighted by molar-refractivity contribution is 5.50. The van der Waals surface area contributed by atoms with Crippen LogP contribution in [0, 0.1) is 0 Å². The first-order chi connectivity index (χ1) is 7.90. The van der Waals surface area contributed by atoms with Gasteiger partial charge in [0.25, 0.3) is 0 Å². The second-order valence-electron chi connectivity index (χ2n) is 3.59. The second kappa shape index (κ2) is 5.37. The van der Waals surface area contributed by atoms with Crippen LogP contribution in [0.5, 0.6) is 0 Å². The van der Waals surface area contributed by atoms with Crippen molar-refractivity contribution in [3.8, 4) is 0 Å². The van der Waals surface area contributed by atoms with Crippen molar-refractivity contribution in [2.45, 2.75) is 13.1 Å². The molecule has 3 nitrogen and oxygen atoms in total. The Balaban J connectivity index is 1.89. The van der Waals surface area contributed by atoms with Gasteiger partial charge in [0.2, 0.25) is 0 Å². The van der Waals surface area contributed by atoms with Gasteiger partial charge in [0.05, 0.1) is 12.8 Å². The van der Waals surface area contributed by atoms with Gasteiger partial charge < -0.3 is 15.1 Å². The van der Waals surface area contributed by atoms with Crippen molar-refractivity contribution in [2.24, 2.45) is 0 Å². The summed E-state index contributed by atoms with van der Waals surface area (Å²) in [5, 5.41) is 6.52. The van der Waals surface area contributed by atoms with Crippen molar-refractivity contribution < 1.29 is 4.42 Å².